The summed E-state index contributed by atoms with van der Waals surface area (Å²) in [4.78, 5) is 6.82. The van der Waals surface area contributed by atoms with Crippen LogP contribution in [0.5, 0.6) is 0 Å². The van der Waals surface area contributed by atoms with E-state index in [-0.39, 0.29) is 0 Å². The molecule has 1 fully saturated rings. The van der Waals surface area contributed by atoms with E-state index in [1.807, 2.05) is 12.5 Å². The maximum atomic E-state index is 4.12. The molecule has 2 atom stereocenters. The average molecular weight is 292 g/mol. The molecule has 1 aromatic rings. The first kappa shape index (κ1) is 16.5. The van der Waals surface area contributed by atoms with Crippen LogP contribution in [0.25, 0.3) is 0 Å². The van der Waals surface area contributed by atoms with Crippen LogP contribution in [-0.4, -0.2) is 46.2 Å². The van der Waals surface area contributed by atoms with Crippen molar-refractivity contribution in [1.82, 2.24) is 19.8 Å². The average Bonchev–Trinajstić information content (AvgIpc) is 2.90. The third-order valence-electron chi connectivity index (χ3n) is 4.67. The second-order valence-electron chi connectivity index (χ2n) is 7.79. The zero-order valence-corrected chi connectivity index (χ0v) is 14.3. The van der Waals surface area contributed by atoms with Crippen LogP contribution in [0.15, 0.2) is 18.7 Å². The number of hydrogen-bond donors (Lipinski definition) is 1. The lowest BCUT2D eigenvalue weighted by Gasteiger charge is -2.47. The Morgan fingerprint density at radius 3 is 2.62 bits per heavy atom. The van der Waals surface area contributed by atoms with Gasteiger partial charge in [0.25, 0.3) is 0 Å². The minimum absolute atomic E-state index is 0.323. The molecule has 1 aliphatic rings. The van der Waals surface area contributed by atoms with Crippen molar-refractivity contribution in [2.75, 3.05) is 19.6 Å². The first-order valence-corrected chi connectivity index (χ1v) is 8.31. The molecule has 2 rings (SSSR count). The minimum Gasteiger partial charge on any atom is -0.337 e. The molecule has 1 N–H and O–H groups in total. The van der Waals surface area contributed by atoms with Crippen molar-refractivity contribution in [2.45, 2.75) is 59.7 Å². The maximum absolute atomic E-state index is 4.12. The highest BCUT2D eigenvalue weighted by molar-refractivity contribution is 4.93. The van der Waals surface area contributed by atoms with E-state index in [1.165, 1.54) is 19.5 Å². The molecule has 0 amide bonds. The summed E-state index contributed by atoms with van der Waals surface area (Å²) in [6.07, 6.45) is 7.01. The van der Waals surface area contributed by atoms with Gasteiger partial charge in [0, 0.05) is 50.7 Å². The fourth-order valence-corrected chi connectivity index (χ4v) is 3.26. The Bertz CT molecular complexity index is 405. The van der Waals surface area contributed by atoms with Crippen LogP contribution in [0.1, 0.15) is 41.0 Å². The van der Waals surface area contributed by atoms with Gasteiger partial charge >= 0.3 is 0 Å². The number of aryl methyl sites for hydroxylation is 1. The molecule has 21 heavy (non-hydrogen) atoms. The number of nitrogens with one attached hydrogen (secondary N) is 1. The van der Waals surface area contributed by atoms with Gasteiger partial charge in [-0.3, -0.25) is 4.90 Å². The van der Waals surface area contributed by atoms with Crippen LogP contribution in [-0.2, 0) is 6.54 Å². The van der Waals surface area contributed by atoms with Crippen molar-refractivity contribution in [3.05, 3.63) is 18.7 Å². The molecule has 4 heteroatoms. The van der Waals surface area contributed by atoms with Gasteiger partial charge in [-0.25, -0.2) is 4.98 Å². The summed E-state index contributed by atoms with van der Waals surface area (Å²) < 4.78 is 2.17. The number of imidazole rings is 1. The lowest BCUT2D eigenvalue weighted by molar-refractivity contribution is 0.0445. The predicted octanol–water partition coefficient (Wildman–Crippen LogP) is 2.62. The number of nitrogens with zero attached hydrogens (tertiary/aromatic N) is 3. The highest BCUT2D eigenvalue weighted by atomic mass is 15.2. The van der Waals surface area contributed by atoms with Gasteiger partial charge in [-0.2, -0.15) is 0 Å². The van der Waals surface area contributed by atoms with E-state index in [1.54, 1.807) is 0 Å². The molecule has 0 bridgehead atoms. The molecule has 2 heterocycles. The van der Waals surface area contributed by atoms with Gasteiger partial charge in [-0.05, 0) is 17.8 Å². The molecule has 0 aliphatic carbocycles. The van der Waals surface area contributed by atoms with Crippen LogP contribution >= 0.6 is 0 Å². The van der Waals surface area contributed by atoms with Gasteiger partial charge in [0.05, 0.1) is 6.33 Å². The van der Waals surface area contributed by atoms with Gasteiger partial charge in [0.2, 0.25) is 0 Å². The highest BCUT2D eigenvalue weighted by Gasteiger charge is 2.35. The fraction of sp³-hybridized carbons (Fsp3) is 0.824. The highest BCUT2D eigenvalue weighted by Crippen LogP contribution is 2.27. The Hall–Kier alpha value is -0.870. The maximum Gasteiger partial charge on any atom is 0.0945 e. The van der Waals surface area contributed by atoms with Crippen molar-refractivity contribution in [3.8, 4) is 0 Å². The predicted molar refractivity (Wildman–Crippen MR) is 88.3 cm³/mol. The Morgan fingerprint density at radius 1 is 1.29 bits per heavy atom. The summed E-state index contributed by atoms with van der Waals surface area (Å²) in [5.74, 6) is 0.696. The van der Waals surface area contributed by atoms with Gasteiger partial charge in [-0.15, -0.1) is 0 Å². The Kier molecular flexibility index (Phi) is 5.44. The van der Waals surface area contributed by atoms with Gasteiger partial charge < -0.3 is 9.88 Å². The van der Waals surface area contributed by atoms with E-state index >= 15 is 0 Å². The fourth-order valence-electron chi connectivity index (χ4n) is 3.26. The normalized spacial score (nSPS) is 24.7. The summed E-state index contributed by atoms with van der Waals surface area (Å²) in [7, 11) is 0. The molecule has 1 aliphatic heterocycles. The molecular formula is C17H32N4. The Balaban J connectivity index is 1.92. The summed E-state index contributed by atoms with van der Waals surface area (Å²) in [5.41, 5.74) is 0.323. The monoisotopic (exact) mass is 292 g/mol. The minimum atomic E-state index is 0.323. The van der Waals surface area contributed by atoms with Crippen LogP contribution in [0.2, 0.25) is 0 Å². The summed E-state index contributed by atoms with van der Waals surface area (Å²) in [6, 6.07) is 1.24. The van der Waals surface area contributed by atoms with E-state index in [0.717, 1.165) is 13.1 Å². The molecule has 1 aromatic heterocycles. The smallest absolute Gasteiger partial charge is 0.0945 e. The number of hydrogen-bond acceptors (Lipinski definition) is 3. The van der Waals surface area contributed by atoms with Crippen molar-refractivity contribution in [3.63, 3.8) is 0 Å². The summed E-state index contributed by atoms with van der Waals surface area (Å²) >= 11 is 0. The van der Waals surface area contributed by atoms with Crippen LogP contribution < -0.4 is 5.32 Å². The molecule has 120 valence electrons. The van der Waals surface area contributed by atoms with Crippen molar-refractivity contribution >= 4 is 0 Å². The first-order valence-electron chi connectivity index (χ1n) is 8.31. The first-order chi connectivity index (χ1) is 9.88. The molecule has 0 saturated carbocycles. The quantitative estimate of drug-likeness (QED) is 0.905. The van der Waals surface area contributed by atoms with Crippen LogP contribution in [0.4, 0.5) is 0 Å². The van der Waals surface area contributed by atoms with E-state index in [9.17, 15) is 0 Å². The van der Waals surface area contributed by atoms with Crippen molar-refractivity contribution in [2.24, 2.45) is 11.3 Å². The van der Waals surface area contributed by atoms with E-state index in [2.05, 4.69) is 60.6 Å². The molecule has 0 radical (unpaired) electrons. The third kappa shape index (κ3) is 4.55. The Labute approximate surface area is 129 Å². The molecule has 4 nitrogen and oxygen atoms in total. The van der Waals surface area contributed by atoms with E-state index in [0.29, 0.717) is 23.4 Å². The SMILES string of the molecule is CC(C)C1CN(CCCn2ccnc2)C(C(C)(C)C)CN1. The zero-order valence-electron chi connectivity index (χ0n) is 14.3. The number of rotatable bonds is 5. The van der Waals surface area contributed by atoms with Gasteiger partial charge in [0.1, 0.15) is 0 Å². The number of aromatic nitrogens is 2. The summed E-state index contributed by atoms with van der Waals surface area (Å²) in [6.45, 7) is 16.2. The molecule has 2 unspecified atom stereocenters. The molecule has 0 spiro atoms. The topological polar surface area (TPSA) is 33.1 Å². The van der Waals surface area contributed by atoms with Crippen LogP contribution in [0.3, 0.4) is 0 Å². The second kappa shape index (κ2) is 6.93. The van der Waals surface area contributed by atoms with E-state index in [4.69, 9.17) is 0 Å². The molecular weight excluding hydrogens is 260 g/mol. The van der Waals surface area contributed by atoms with Crippen LogP contribution in [0, 0.1) is 11.3 Å². The summed E-state index contributed by atoms with van der Waals surface area (Å²) in [5, 5.41) is 3.75. The van der Waals surface area contributed by atoms with Gasteiger partial charge in [-0.1, -0.05) is 34.6 Å². The number of piperazine rings is 1. The molecule has 0 aromatic carbocycles. The standard InChI is InChI=1S/C17H32N4/c1-14(2)15-12-21(16(11-19-15)17(3,4)5)9-6-8-20-10-7-18-13-20/h7,10,13-16,19H,6,8-9,11-12H2,1-5H3. The van der Waals surface area contributed by atoms with Gasteiger partial charge in [0.15, 0.2) is 0 Å². The van der Waals surface area contributed by atoms with Crippen molar-refractivity contribution in [1.29, 1.82) is 0 Å². The third-order valence-corrected chi connectivity index (χ3v) is 4.67. The largest absolute Gasteiger partial charge is 0.337 e. The van der Waals surface area contributed by atoms with Crippen molar-refractivity contribution < 1.29 is 0 Å². The zero-order chi connectivity index (χ0) is 15.5. The lowest BCUT2D eigenvalue weighted by Crippen LogP contribution is -2.61. The second-order valence-corrected chi connectivity index (χ2v) is 7.79. The lowest BCUT2D eigenvalue weighted by atomic mass is 9.83. The Morgan fingerprint density at radius 2 is 2.05 bits per heavy atom. The molecule has 1 saturated heterocycles. The van der Waals surface area contributed by atoms with E-state index < -0.39 is 0 Å².